The molecule has 0 bridgehead atoms. The first-order chi connectivity index (χ1) is 13.1. The minimum Gasteiger partial charge on any atom is -0.359 e. The zero-order chi connectivity index (χ0) is 20.2. The number of halogens is 5. The molecule has 9 heteroatoms. The van der Waals surface area contributed by atoms with Crippen LogP contribution in [0.25, 0.3) is 21.9 Å². The number of anilines is 2. The van der Waals surface area contributed by atoms with Crippen LogP contribution in [-0.4, -0.2) is 14.5 Å². The van der Waals surface area contributed by atoms with Crippen LogP contribution in [0, 0.1) is 5.82 Å². The van der Waals surface area contributed by atoms with E-state index < -0.39 is 17.6 Å². The van der Waals surface area contributed by atoms with Gasteiger partial charge < -0.3 is 14.9 Å². The van der Waals surface area contributed by atoms with Gasteiger partial charge in [-0.1, -0.05) is 11.6 Å². The van der Waals surface area contributed by atoms with E-state index in [1.807, 2.05) is 6.07 Å². The van der Waals surface area contributed by atoms with Gasteiger partial charge in [-0.15, -0.1) is 0 Å². The van der Waals surface area contributed by atoms with E-state index in [1.54, 1.807) is 32.2 Å². The Morgan fingerprint density at radius 2 is 1.93 bits per heavy atom. The molecule has 0 saturated heterocycles. The number of aromatic nitrogens is 3. The molecule has 0 aliphatic rings. The van der Waals surface area contributed by atoms with Crippen LogP contribution in [0.15, 0.2) is 36.5 Å². The van der Waals surface area contributed by atoms with Gasteiger partial charge in [-0.05, 0) is 44.2 Å². The lowest BCUT2D eigenvalue weighted by Gasteiger charge is -2.14. The normalized spacial score (nSPS) is 12.4. The molecule has 0 radical (unpaired) electrons. The maximum atomic E-state index is 14.6. The highest BCUT2D eigenvalue weighted by Crippen LogP contribution is 2.36. The van der Waals surface area contributed by atoms with Crippen molar-refractivity contribution in [2.75, 3.05) is 5.32 Å². The molecule has 0 unspecified atom stereocenters. The van der Waals surface area contributed by atoms with E-state index in [0.29, 0.717) is 16.8 Å². The Balaban J connectivity index is 1.89. The van der Waals surface area contributed by atoms with Gasteiger partial charge in [0.15, 0.2) is 0 Å². The first kappa shape index (κ1) is 18.6. The van der Waals surface area contributed by atoms with Crippen molar-refractivity contribution in [1.82, 2.24) is 14.5 Å². The quantitative estimate of drug-likeness (QED) is 0.371. The monoisotopic (exact) mass is 410 g/mol. The molecule has 2 aromatic carbocycles. The summed E-state index contributed by atoms with van der Waals surface area (Å²) in [5, 5.41) is 4.41. The fourth-order valence-corrected chi connectivity index (χ4v) is 3.43. The summed E-state index contributed by atoms with van der Waals surface area (Å²) >= 11 is 6.06. The average Bonchev–Trinajstić information content (AvgIpc) is 3.15. The molecule has 0 atom stereocenters. The summed E-state index contributed by atoms with van der Waals surface area (Å²) in [5.74, 6) is -0.731. The number of rotatable bonds is 3. The lowest BCUT2D eigenvalue weighted by Crippen LogP contribution is -2.08. The standard InChI is InChI=1S/C19H15ClF4N4/c1-9(2)28-17-13(21)5-10(19(22,23)24)6-15(17)26-18(28)27-16-8-25-14-4-3-11(20)7-12(14)16/h3-9,25H,1-2H3,(H,26,27). The van der Waals surface area contributed by atoms with Gasteiger partial charge in [0.25, 0.3) is 0 Å². The van der Waals surface area contributed by atoms with Crippen molar-refractivity contribution in [1.29, 1.82) is 0 Å². The van der Waals surface area contributed by atoms with Gasteiger partial charge in [0.2, 0.25) is 5.95 Å². The van der Waals surface area contributed by atoms with E-state index in [-0.39, 0.29) is 23.0 Å². The van der Waals surface area contributed by atoms with Crippen molar-refractivity contribution in [3.63, 3.8) is 0 Å². The van der Waals surface area contributed by atoms with E-state index in [4.69, 9.17) is 11.6 Å². The van der Waals surface area contributed by atoms with Crippen LogP contribution in [0.2, 0.25) is 5.02 Å². The van der Waals surface area contributed by atoms with Crippen molar-refractivity contribution in [2.24, 2.45) is 0 Å². The van der Waals surface area contributed by atoms with Gasteiger partial charge in [-0.3, -0.25) is 0 Å². The molecule has 0 fully saturated rings. The number of H-pyrrole nitrogens is 1. The predicted molar refractivity (Wildman–Crippen MR) is 102 cm³/mol. The second-order valence-electron chi connectivity index (χ2n) is 6.74. The molecule has 4 rings (SSSR count). The number of hydrogen-bond donors (Lipinski definition) is 2. The smallest absolute Gasteiger partial charge is 0.359 e. The molecule has 4 aromatic rings. The Morgan fingerprint density at radius 1 is 1.18 bits per heavy atom. The van der Waals surface area contributed by atoms with Gasteiger partial charge >= 0.3 is 6.18 Å². The highest BCUT2D eigenvalue weighted by molar-refractivity contribution is 6.31. The lowest BCUT2D eigenvalue weighted by molar-refractivity contribution is -0.137. The summed E-state index contributed by atoms with van der Waals surface area (Å²) in [5.41, 5.74) is 0.330. The topological polar surface area (TPSA) is 45.6 Å². The Hall–Kier alpha value is -2.74. The molecule has 0 saturated carbocycles. The third-order valence-corrected chi connectivity index (χ3v) is 4.71. The van der Waals surface area contributed by atoms with Crippen LogP contribution in [0.1, 0.15) is 25.5 Å². The van der Waals surface area contributed by atoms with E-state index in [0.717, 1.165) is 17.0 Å². The van der Waals surface area contributed by atoms with Crippen molar-refractivity contribution in [2.45, 2.75) is 26.1 Å². The van der Waals surface area contributed by atoms with E-state index in [1.165, 1.54) is 4.57 Å². The van der Waals surface area contributed by atoms with Crippen molar-refractivity contribution in [3.05, 3.63) is 52.9 Å². The third kappa shape index (κ3) is 3.07. The van der Waals surface area contributed by atoms with Crippen LogP contribution in [0.4, 0.5) is 29.2 Å². The summed E-state index contributed by atoms with van der Waals surface area (Å²) in [6, 6.07) is 6.41. The molecule has 2 aromatic heterocycles. The van der Waals surface area contributed by atoms with Crippen LogP contribution >= 0.6 is 11.6 Å². The van der Waals surface area contributed by atoms with Gasteiger partial charge in [0, 0.05) is 28.2 Å². The second-order valence-corrected chi connectivity index (χ2v) is 7.18. The minimum absolute atomic E-state index is 0.0170. The number of hydrogen-bond acceptors (Lipinski definition) is 2. The molecule has 0 spiro atoms. The molecule has 28 heavy (non-hydrogen) atoms. The summed E-state index contributed by atoms with van der Waals surface area (Å²) in [7, 11) is 0. The number of nitrogens with one attached hydrogen (secondary N) is 2. The van der Waals surface area contributed by atoms with Crippen molar-refractivity contribution >= 4 is 45.2 Å². The maximum Gasteiger partial charge on any atom is 0.416 e. The van der Waals surface area contributed by atoms with E-state index >= 15 is 0 Å². The van der Waals surface area contributed by atoms with Crippen LogP contribution in [0.5, 0.6) is 0 Å². The summed E-state index contributed by atoms with van der Waals surface area (Å²) in [4.78, 5) is 7.32. The lowest BCUT2D eigenvalue weighted by atomic mass is 10.2. The van der Waals surface area contributed by atoms with E-state index in [9.17, 15) is 17.6 Å². The highest BCUT2D eigenvalue weighted by atomic mass is 35.5. The Bertz CT molecular complexity index is 1190. The molecule has 0 aliphatic heterocycles. The summed E-state index contributed by atoms with van der Waals surface area (Å²) < 4.78 is 55.3. The van der Waals surface area contributed by atoms with Crippen LogP contribution in [-0.2, 0) is 6.18 Å². The van der Waals surface area contributed by atoms with E-state index in [2.05, 4.69) is 15.3 Å². The first-order valence-electron chi connectivity index (χ1n) is 8.47. The summed E-state index contributed by atoms with van der Waals surface area (Å²) in [6.07, 6.45) is -2.96. The zero-order valence-electron chi connectivity index (χ0n) is 14.8. The third-order valence-electron chi connectivity index (χ3n) is 4.47. The maximum absolute atomic E-state index is 14.6. The predicted octanol–water partition coefficient (Wildman–Crippen LogP) is 6.65. The number of fused-ring (bicyclic) bond motifs is 2. The number of imidazole rings is 1. The Labute approximate surface area is 162 Å². The average molecular weight is 411 g/mol. The second kappa shape index (κ2) is 6.41. The van der Waals surface area contributed by atoms with Crippen LogP contribution < -0.4 is 5.32 Å². The molecule has 2 N–H and O–H groups in total. The van der Waals surface area contributed by atoms with Gasteiger partial charge in [-0.25, -0.2) is 9.37 Å². The number of aromatic amines is 1. The van der Waals surface area contributed by atoms with Crippen molar-refractivity contribution < 1.29 is 17.6 Å². The summed E-state index contributed by atoms with van der Waals surface area (Å²) in [6.45, 7) is 3.60. The molecule has 146 valence electrons. The molecule has 2 heterocycles. The minimum atomic E-state index is -4.65. The molecule has 4 nitrogen and oxygen atoms in total. The largest absolute Gasteiger partial charge is 0.416 e. The zero-order valence-corrected chi connectivity index (χ0v) is 15.6. The van der Waals surface area contributed by atoms with Gasteiger partial charge in [0.1, 0.15) is 11.3 Å². The van der Waals surface area contributed by atoms with Gasteiger partial charge in [-0.2, -0.15) is 13.2 Å². The fraction of sp³-hybridized carbons (Fsp3) is 0.211. The highest BCUT2D eigenvalue weighted by Gasteiger charge is 2.33. The number of alkyl halides is 3. The molecular formula is C19H15ClF4N4. The van der Waals surface area contributed by atoms with Crippen molar-refractivity contribution in [3.8, 4) is 0 Å². The van der Waals surface area contributed by atoms with Gasteiger partial charge in [0.05, 0.1) is 16.8 Å². The fourth-order valence-electron chi connectivity index (χ4n) is 3.25. The first-order valence-corrected chi connectivity index (χ1v) is 8.85. The molecular weight excluding hydrogens is 396 g/mol. The van der Waals surface area contributed by atoms with Crippen LogP contribution in [0.3, 0.4) is 0 Å². The number of nitrogens with zero attached hydrogens (tertiary/aromatic N) is 2. The SMILES string of the molecule is CC(C)n1c(Nc2c[nH]c3ccc(Cl)cc23)nc2cc(C(F)(F)F)cc(F)c21. The number of benzene rings is 2. The molecule has 0 aliphatic carbocycles. The Morgan fingerprint density at radius 3 is 2.61 bits per heavy atom. The molecule has 0 amide bonds. The Kier molecular flexibility index (Phi) is 4.26.